The standard InChI is InChI=1S/C38H81N2O3P/c1-5-7-9-11-13-15-17-19-21-23-25-27-29-33-37-42-44(41,39-35-31-32-36-40(3)4)43-38-34-30-28-26-24-22-20-18-16-14-12-10-8-6-2/h5-38H2,1-4H3,(H,39,41). The maximum atomic E-state index is 13.4. The Morgan fingerprint density at radius 2 is 0.727 bits per heavy atom. The number of rotatable bonds is 38. The lowest BCUT2D eigenvalue weighted by molar-refractivity contribution is 0.189. The monoisotopic (exact) mass is 645 g/mol. The molecular weight excluding hydrogens is 563 g/mol. The maximum Gasteiger partial charge on any atom is 0.405 e. The van der Waals surface area contributed by atoms with Crippen molar-refractivity contribution < 1.29 is 13.6 Å². The molecule has 1 N–H and O–H groups in total. The first-order valence-electron chi connectivity index (χ1n) is 19.8. The highest BCUT2D eigenvalue weighted by atomic mass is 31.2. The second-order valence-electron chi connectivity index (χ2n) is 13.8. The summed E-state index contributed by atoms with van der Waals surface area (Å²) in [6.07, 6.45) is 39.4. The predicted molar refractivity (Wildman–Crippen MR) is 196 cm³/mol. The third-order valence-corrected chi connectivity index (χ3v) is 10.5. The Morgan fingerprint density at radius 1 is 0.432 bits per heavy atom. The van der Waals surface area contributed by atoms with Crippen LogP contribution in [0.25, 0.3) is 0 Å². The largest absolute Gasteiger partial charge is 0.405 e. The van der Waals surface area contributed by atoms with Gasteiger partial charge in [-0.1, -0.05) is 181 Å². The van der Waals surface area contributed by atoms with Gasteiger partial charge in [0.25, 0.3) is 0 Å². The number of nitrogens with zero attached hydrogens (tertiary/aromatic N) is 1. The molecule has 0 spiro atoms. The van der Waals surface area contributed by atoms with Crippen LogP contribution in [0.5, 0.6) is 0 Å². The first-order valence-corrected chi connectivity index (χ1v) is 21.4. The minimum absolute atomic E-state index is 0.527. The third kappa shape index (κ3) is 34.9. The van der Waals surface area contributed by atoms with Crippen LogP contribution in [0.15, 0.2) is 0 Å². The van der Waals surface area contributed by atoms with Crippen molar-refractivity contribution in [2.24, 2.45) is 0 Å². The molecule has 44 heavy (non-hydrogen) atoms. The summed E-state index contributed by atoms with van der Waals surface area (Å²) in [7, 11) is 0.970. The normalized spacial score (nSPS) is 12.1. The van der Waals surface area contributed by atoms with Gasteiger partial charge in [-0.05, 0) is 46.3 Å². The summed E-state index contributed by atoms with van der Waals surface area (Å²) in [6, 6.07) is 0. The van der Waals surface area contributed by atoms with Crippen molar-refractivity contribution in [3.8, 4) is 0 Å². The molecule has 6 heteroatoms. The zero-order valence-electron chi connectivity index (χ0n) is 30.7. The molecule has 0 amide bonds. The fourth-order valence-corrected chi connectivity index (χ4v) is 7.29. The second kappa shape index (κ2) is 35.9. The van der Waals surface area contributed by atoms with Gasteiger partial charge in [0.1, 0.15) is 0 Å². The van der Waals surface area contributed by atoms with Crippen molar-refractivity contribution in [1.82, 2.24) is 9.99 Å². The lowest BCUT2D eigenvalue weighted by atomic mass is 10.0. The number of nitrogens with one attached hydrogen (secondary N) is 1. The van der Waals surface area contributed by atoms with Gasteiger partial charge < -0.3 is 4.90 Å². The number of hydrogen-bond acceptors (Lipinski definition) is 4. The molecule has 0 heterocycles. The van der Waals surface area contributed by atoms with Crippen molar-refractivity contribution in [3.05, 3.63) is 0 Å². The molecule has 0 aromatic heterocycles. The zero-order chi connectivity index (χ0) is 32.2. The van der Waals surface area contributed by atoms with E-state index < -0.39 is 7.75 Å². The molecule has 0 bridgehead atoms. The number of unbranched alkanes of at least 4 members (excludes halogenated alkanes) is 27. The molecule has 0 unspecified atom stereocenters. The Bertz CT molecular complexity index is 552. The Labute approximate surface area is 277 Å². The van der Waals surface area contributed by atoms with Crippen LogP contribution in [-0.4, -0.2) is 45.3 Å². The highest BCUT2D eigenvalue weighted by Gasteiger charge is 2.23. The third-order valence-electron chi connectivity index (χ3n) is 8.86. The van der Waals surface area contributed by atoms with Crippen LogP contribution in [0.1, 0.15) is 206 Å². The molecule has 266 valence electrons. The van der Waals surface area contributed by atoms with Crippen molar-refractivity contribution >= 4 is 7.75 Å². The number of hydrogen-bond donors (Lipinski definition) is 1. The van der Waals surface area contributed by atoms with Gasteiger partial charge in [-0.2, -0.15) is 0 Å². The summed E-state index contributed by atoms with van der Waals surface area (Å²) in [6.45, 7) is 7.36. The first kappa shape index (κ1) is 44.1. The first-order chi connectivity index (χ1) is 21.5. The lowest BCUT2D eigenvalue weighted by Crippen LogP contribution is -2.19. The highest BCUT2D eigenvalue weighted by molar-refractivity contribution is 7.51. The van der Waals surface area contributed by atoms with E-state index in [4.69, 9.17) is 9.05 Å². The maximum absolute atomic E-state index is 13.4. The highest BCUT2D eigenvalue weighted by Crippen LogP contribution is 2.44. The van der Waals surface area contributed by atoms with E-state index in [9.17, 15) is 4.57 Å². The topological polar surface area (TPSA) is 50.8 Å². The van der Waals surface area contributed by atoms with E-state index in [2.05, 4.69) is 37.9 Å². The Morgan fingerprint density at radius 3 is 1.02 bits per heavy atom. The average molecular weight is 645 g/mol. The Balaban J connectivity index is 3.90. The molecule has 0 aromatic carbocycles. The molecular formula is C38H81N2O3P. The smallest absolute Gasteiger partial charge is 0.309 e. The van der Waals surface area contributed by atoms with Crippen LogP contribution >= 0.6 is 7.75 Å². The van der Waals surface area contributed by atoms with E-state index in [1.165, 1.54) is 154 Å². The zero-order valence-corrected chi connectivity index (χ0v) is 31.6. The molecule has 0 aliphatic carbocycles. The lowest BCUT2D eigenvalue weighted by Gasteiger charge is -2.20. The van der Waals surface area contributed by atoms with Crippen molar-refractivity contribution in [2.45, 2.75) is 206 Å². The van der Waals surface area contributed by atoms with Crippen molar-refractivity contribution in [2.75, 3.05) is 40.4 Å². The van der Waals surface area contributed by atoms with E-state index in [1.807, 2.05) is 0 Å². The van der Waals surface area contributed by atoms with Crippen LogP contribution in [0.4, 0.5) is 0 Å². The molecule has 0 rings (SSSR count). The molecule has 0 aliphatic heterocycles. The van der Waals surface area contributed by atoms with Crippen LogP contribution in [0.2, 0.25) is 0 Å². The van der Waals surface area contributed by atoms with Gasteiger partial charge in [0.15, 0.2) is 0 Å². The fraction of sp³-hybridized carbons (Fsp3) is 1.00. The van der Waals surface area contributed by atoms with Gasteiger partial charge in [0, 0.05) is 6.54 Å². The molecule has 0 aromatic rings. The van der Waals surface area contributed by atoms with E-state index in [1.54, 1.807) is 0 Å². The molecule has 0 aliphatic rings. The predicted octanol–water partition coefficient (Wildman–Crippen LogP) is 13.0. The summed E-state index contributed by atoms with van der Waals surface area (Å²) in [5.41, 5.74) is 0. The van der Waals surface area contributed by atoms with Crippen LogP contribution in [0.3, 0.4) is 0 Å². The summed E-state index contributed by atoms with van der Waals surface area (Å²) in [5, 5.41) is 3.16. The van der Waals surface area contributed by atoms with E-state index in [0.717, 1.165) is 45.1 Å². The molecule has 0 saturated heterocycles. The minimum Gasteiger partial charge on any atom is -0.309 e. The van der Waals surface area contributed by atoms with Gasteiger partial charge in [-0.15, -0.1) is 0 Å². The second-order valence-corrected chi connectivity index (χ2v) is 15.6. The summed E-state index contributed by atoms with van der Waals surface area (Å²) in [4.78, 5) is 2.19. The van der Waals surface area contributed by atoms with Gasteiger partial charge in [-0.3, -0.25) is 9.05 Å². The Hall–Kier alpha value is 0.0700. The molecule has 0 saturated carbocycles. The van der Waals surface area contributed by atoms with Gasteiger partial charge in [0.05, 0.1) is 13.2 Å². The van der Waals surface area contributed by atoms with Crippen molar-refractivity contribution in [3.63, 3.8) is 0 Å². The van der Waals surface area contributed by atoms with E-state index in [0.29, 0.717) is 19.8 Å². The van der Waals surface area contributed by atoms with E-state index >= 15 is 0 Å². The van der Waals surface area contributed by atoms with Gasteiger partial charge in [-0.25, -0.2) is 9.65 Å². The summed E-state index contributed by atoms with van der Waals surface area (Å²) in [5.74, 6) is 0. The molecule has 0 atom stereocenters. The van der Waals surface area contributed by atoms with Crippen LogP contribution < -0.4 is 5.09 Å². The Kier molecular flexibility index (Phi) is 36.0. The quantitative estimate of drug-likeness (QED) is 0.0535. The molecule has 0 radical (unpaired) electrons. The summed E-state index contributed by atoms with van der Waals surface area (Å²) >= 11 is 0. The van der Waals surface area contributed by atoms with Gasteiger partial charge >= 0.3 is 7.75 Å². The minimum atomic E-state index is -3.22. The van der Waals surface area contributed by atoms with Crippen molar-refractivity contribution in [1.29, 1.82) is 0 Å². The van der Waals surface area contributed by atoms with E-state index in [-0.39, 0.29) is 0 Å². The fourth-order valence-electron chi connectivity index (χ4n) is 5.86. The van der Waals surface area contributed by atoms with Crippen LogP contribution in [-0.2, 0) is 13.6 Å². The summed E-state index contributed by atoms with van der Waals surface area (Å²) < 4.78 is 25.2. The SMILES string of the molecule is CCCCCCCCCCCCCCCCOP(=O)(NCCCCN(C)C)OCCCCCCCCCCCCCCCC. The van der Waals surface area contributed by atoms with Crippen LogP contribution in [0, 0.1) is 0 Å². The average Bonchev–Trinajstić information content (AvgIpc) is 3.00. The molecule has 0 fully saturated rings. The molecule has 5 nitrogen and oxygen atoms in total. The van der Waals surface area contributed by atoms with Gasteiger partial charge in [0.2, 0.25) is 0 Å².